The lowest BCUT2D eigenvalue weighted by Crippen LogP contribution is -2.24. The molecule has 1 fully saturated rings. The number of benzene rings is 1. The van der Waals surface area contributed by atoms with Gasteiger partial charge in [0.05, 0.1) is 24.0 Å². The number of aromatic nitrogens is 3. The Morgan fingerprint density at radius 1 is 1.34 bits per heavy atom. The minimum absolute atomic E-state index is 0.280. The number of anilines is 1. The molecule has 0 radical (unpaired) electrons. The van der Waals surface area contributed by atoms with Crippen molar-refractivity contribution in [1.29, 1.82) is 0 Å². The van der Waals surface area contributed by atoms with E-state index in [9.17, 15) is 9.18 Å². The Hall–Kier alpha value is -2.96. The van der Waals surface area contributed by atoms with Gasteiger partial charge in [-0.25, -0.2) is 9.18 Å². The second-order valence-corrected chi connectivity index (χ2v) is 7.69. The number of rotatable bonds is 5. The fraction of sp³-hybridized carbons (Fsp3) is 0.409. The zero-order valence-corrected chi connectivity index (χ0v) is 17.0. The summed E-state index contributed by atoms with van der Waals surface area (Å²) in [4.78, 5) is 19.2. The molecule has 0 bridgehead atoms. The lowest BCUT2D eigenvalue weighted by molar-refractivity contribution is 0.0527. The van der Waals surface area contributed by atoms with Crippen LogP contribution in [-0.2, 0) is 18.2 Å². The number of carbonyl (C=O) groups is 1. The van der Waals surface area contributed by atoms with E-state index in [4.69, 9.17) is 4.74 Å². The maximum absolute atomic E-state index is 14.2. The van der Waals surface area contributed by atoms with E-state index in [2.05, 4.69) is 15.0 Å². The van der Waals surface area contributed by atoms with E-state index in [0.29, 0.717) is 22.4 Å². The summed E-state index contributed by atoms with van der Waals surface area (Å²) in [6.45, 7) is 5.47. The first-order valence-corrected chi connectivity index (χ1v) is 9.94. The van der Waals surface area contributed by atoms with Crippen molar-refractivity contribution in [3.63, 3.8) is 0 Å². The molecule has 0 N–H and O–H groups in total. The molecule has 1 aliphatic rings. The van der Waals surface area contributed by atoms with E-state index in [1.807, 2.05) is 31.0 Å². The van der Waals surface area contributed by atoms with Crippen molar-refractivity contribution >= 4 is 22.6 Å². The summed E-state index contributed by atoms with van der Waals surface area (Å²) in [6.07, 6.45) is 7.42. The summed E-state index contributed by atoms with van der Waals surface area (Å²) in [5.74, 6) is -0.313. The molecule has 3 heterocycles. The van der Waals surface area contributed by atoms with Crippen LogP contribution < -0.4 is 4.90 Å². The zero-order chi connectivity index (χ0) is 20.5. The van der Waals surface area contributed by atoms with Crippen LogP contribution in [0, 0.1) is 18.7 Å². The maximum Gasteiger partial charge on any atom is 0.341 e. The number of ether oxygens (including phenoxy) is 1. The molecule has 0 amide bonds. The van der Waals surface area contributed by atoms with E-state index in [-0.39, 0.29) is 12.4 Å². The minimum atomic E-state index is -0.422. The predicted molar refractivity (Wildman–Crippen MR) is 110 cm³/mol. The van der Waals surface area contributed by atoms with Crippen molar-refractivity contribution in [3.8, 4) is 0 Å². The van der Waals surface area contributed by atoms with Gasteiger partial charge in [-0.15, -0.1) is 0 Å². The number of esters is 1. The molecule has 0 spiro atoms. The highest BCUT2D eigenvalue weighted by Gasteiger charge is 2.29. The van der Waals surface area contributed by atoms with Gasteiger partial charge >= 0.3 is 5.97 Å². The number of aryl methyl sites for hydroxylation is 2. The van der Waals surface area contributed by atoms with Gasteiger partial charge in [0, 0.05) is 37.9 Å². The van der Waals surface area contributed by atoms with Crippen molar-refractivity contribution in [3.05, 3.63) is 53.2 Å². The van der Waals surface area contributed by atoms with Gasteiger partial charge in [0.15, 0.2) is 0 Å². The normalized spacial score (nSPS) is 16.6. The molecule has 6 nitrogen and oxygen atoms in total. The first kappa shape index (κ1) is 19.4. The minimum Gasteiger partial charge on any atom is -0.462 e. The average molecular weight is 396 g/mol. The number of hydrogen-bond donors (Lipinski definition) is 0. The Morgan fingerprint density at radius 2 is 2.17 bits per heavy atom. The summed E-state index contributed by atoms with van der Waals surface area (Å²) in [6, 6.07) is 2.94. The van der Waals surface area contributed by atoms with Crippen LogP contribution in [0.4, 0.5) is 10.1 Å². The smallest absolute Gasteiger partial charge is 0.341 e. The van der Waals surface area contributed by atoms with Crippen LogP contribution in [0.1, 0.15) is 34.8 Å². The van der Waals surface area contributed by atoms with Crippen LogP contribution in [0.5, 0.6) is 0 Å². The van der Waals surface area contributed by atoms with Gasteiger partial charge in [-0.05, 0) is 55.9 Å². The molecule has 1 saturated heterocycles. The number of fused-ring (bicyclic) bond motifs is 1. The summed E-state index contributed by atoms with van der Waals surface area (Å²) in [5.41, 5.74) is 3.79. The van der Waals surface area contributed by atoms with E-state index in [1.54, 1.807) is 13.1 Å². The van der Waals surface area contributed by atoms with E-state index < -0.39 is 5.97 Å². The molecule has 4 rings (SSSR count). The lowest BCUT2D eigenvalue weighted by atomic mass is 10.0. The molecule has 152 valence electrons. The number of halogens is 1. The SMILES string of the molecule is CCOC(=O)c1cnc2c(C)cc(F)cc2c1N1CCC(Cc2cnn(C)c2)C1. The van der Waals surface area contributed by atoms with Crippen LogP contribution in [0.15, 0.2) is 30.7 Å². The second kappa shape index (κ2) is 7.81. The van der Waals surface area contributed by atoms with Crippen molar-refractivity contribution in [2.24, 2.45) is 13.0 Å². The molecule has 2 aromatic heterocycles. The Labute approximate surface area is 169 Å². The molecule has 7 heteroatoms. The third-order valence-corrected chi connectivity index (χ3v) is 5.48. The largest absolute Gasteiger partial charge is 0.462 e. The Kier molecular flexibility index (Phi) is 5.22. The van der Waals surface area contributed by atoms with E-state index in [1.165, 1.54) is 17.7 Å². The molecule has 0 aliphatic carbocycles. The van der Waals surface area contributed by atoms with E-state index >= 15 is 0 Å². The third kappa shape index (κ3) is 3.81. The van der Waals surface area contributed by atoms with Gasteiger partial charge in [0.1, 0.15) is 11.4 Å². The highest BCUT2D eigenvalue weighted by Crippen LogP contribution is 2.36. The standard InChI is InChI=1S/C22H25FN4O2/c1-4-29-22(28)19-11-24-20-14(2)7-17(23)9-18(20)21(19)27-6-5-15(13-27)8-16-10-25-26(3)12-16/h7,9-12,15H,4-6,8,13H2,1-3H3. The fourth-order valence-electron chi connectivity index (χ4n) is 4.23. The third-order valence-electron chi connectivity index (χ3n) is 5.48. The van der Waals surface area contributed by atoms with Crippen molar-refractivity contribution < 1.29 is 13.9 Å². The Morgan fingerprint density at radius 3 is 2.90 bits per heavy atom. The quantitative estimate of drug-likeness (QED) is 0.616. The zero-order valence-electron chi connectivity index (χ0n) is 17.0. The summed E-state index contributed by atoms with van der Waals surface area (Å²) in [5, 5.41) is 4.91. The molecular weight excluding hydrogens is 371 g/mol. The summed E-state index contributed by atoms with van der Waals surface area (Å²) in [7, 11) is 1.91. The van der Waals surface area contributed by atoms with Crippen molar-refractivity contribution in [1.82, 2.24) is 14.8 Å². The maximum atomic E-state index is 14.2. The molecule has 1 unspecified atom stereocenters. The van der Waals surface area contributed by atoms with Crippen LogP contribution >= 0.6 is 0 Å². The van der Waals surface area contributed by atoms with Gasteiger partial charge in [-0.1, -0.05) is 0 Å². The van der Waals surface area contributed by atoms with Gasteiger partial charge in [0.2, 0.25) is 0 Å². The molecule has 0 saturated carbocycles. The Balaban J connectivity index is 1.72. The lowest BCUT2D eigenvalue weighted by Gasteiger charge is -2.23. The van der Waals surface area contributed by atoms with E-state index in [0.717, 1.165) is 37.2 Å². The van der Waals surface area contributed by atoms with Crippen molar-refractivity contribution in [2.45, 2.75) is 26.7 Å². The number of carbonyl (C=O) groups excluding carboxylic acids is 1. The highest BCUT2D eigenvalue weighted by atomic mass is 19.1. The monoisotopic (exact) mass is 396 g/mol. The molecule has 1 aliphatic heterocycles. The molecule has 29 heavy (non-hydrogen) atoms. The highest BCUT2D eigenvalue weighted by molar-refractivity contribution is 6.06. The van der Waals surface area contributed by atoms with Crippen LogP contribution in [0.3, 0.4) is 0 Å². The van der Waals surface area contributed by atoms with Crippen LogP contribution in [0.2, 0.25) is 0 Å². The average Bonchev–Trinajstić information content (AvgIpc) is 3.30. The first-order chi connectivity index (χ1) is 14.0. The number of pyridine rings is 1. The van der Waals surface area contributed by atoms with Gasteiger partial charge < -0.3 is 9.64 Å². The predicted octanol–water partition coefficient (Wildman–Crippen LogP) is 3.66. The van der Waals surface area contributed by atoms with Crippen LogP contribution in [-0.4, -0.2) is 40.4 Å². The van der Waals surface area contributed by atoms with Gasteiger partial charge in [-0.3, -0.25) is 9.67 Å². The molecule has 3 aromatic rings. The second-order valence-electron chi connectivity index (χ2n) is 7.69. The number of hydrogen-bond acceptors (Lipinski definition) is 5. The first-order valence-electron chi connectivity index (χ1n) is 9.94. The van der Waals surface area contributed by atoms with Gasteiger partial charge in [-0.2, -0.15) is 5.10 Å². The molecule has 1 aromatic carbocycles. The fourth-order valence-corrected chi connectivity index (χ4v) is 4.23. The Bertz CT molecular complexity index is 1060. The van der Waals surface area contributed by atoms with Crippen LogP contribution in [0.25, 0.3) is 10.9 Å². The molecule has 1 atom stereocenters. The van der Waals surface area contributed by atoms with Gasteiger partial charge in [0.25, 0.3) is 0 Å². The number of nitrogens with zero attached hydrogens (tertiary/aromatic N) is 4. The summed E-state index contributed by atoms with van der Waals surface area (Å²) < 4.78 is 21.3. The summed E-state index contributed by atoms with van der Waals surface area (Å²) >= 11 is 0. The van der Waals surface area contributed by atoms with Crippen molar-refractivity contribution in [2.75, 3.05) is 24.6 Å². The molecular formula is C22H25FN4O2. The topological polar surface area (TPSA) is 60.2 Å².